The van der Waals surface area contributed by atoms with Gasteiger partial charge in [0, 0.05) is 13.7 Å². The van der Waals surface area contributed by atoms with Crippen molar-refractivity contribution in [2.75, 3.05) is 33.4 Å². The Bertz CT molecular complexity index is 138. The Morgan fingerprint density at radius 2 is 2.15 bits per heavy atom. The van der Waals surface area contributed by atoms with Crippen molar-refractivity contribution < 1.29 is 9.84 Å². The molecule has 0 amide bonds. The van der Waals surface area contributed by atoms with Crippen LogP contribution in [-0.4, -0.2) is 65.8 Å². The molecule has 1 aliphatic rings. The largest absolute Gasteiger partial charge is 0.389 e. The van der Waals surface area contributed by atoms with E-state index in [9.17, 15) is 5.11 Å². The number of rotatable bonds is 4. The third-order valence-electron chi connectivity index (χ3n) is 2.70. The molecule has 13 heavy (non-hydrogen) atoms. The van der Waals surface area contributed by atoms with E-state index in [1.807, 2.05) is 0 Å². The lowest BCUT2D eigenvalue weighted by molar-refractivity contribution is 0.0335. The monoisotopic (exact) mass is 201 g/mol. The summed E-state index contributed by atoms with van der Waals surface area (Å²) in [7, 11) is 1.63. The zero-order chi connectivity index (χ0) is 9.68. The van der Waals surface area contributed by atoms with Gasteiger partial charge < -0.3 is 14.7 Å². The molecule has 1 saturated heterocycles. The molecule has 0 aromatic heterocycles. The van der Waals surface area contributed by atoms with Gasteiger partial charge in [-0.25, -0.2) is 0 Å². The third-order valence-corrected chi connectivity index (χ3v) is 3.86. The number of aliphatic hydroxyl groups is 1. The molecule has 0 aromatic carbocycles. The van der Waals surface area contributed by atoms with Crippen LogP contribution in [0.3, 0.4) is 0 Å². The van der Waals surface area contributed by atoms with Gasteiger partial charge in [0.25, 0.3) is 0 Å². The van der Waals surface area contributed by atoms with Crippen LogP contribution < -0.4 is 0 Å². The second-order valence-corrected chi connectivity index (χ2v) is 5.73. The van der Waals surface area contributed by atoms with Crippen LogP contribution in [0.5, 0.6) is 0 Å². The third kappa shape index (κ3) is 4.44. The Hall–Kier alpha value is 0.412. The van der Waals surface area contributed by atoms with Crippen LogP contribution in [0.1, 0.15) is 12.8 Å². The number of likely N-dealkylation sites (tertiary alicyclic amines) is 1. The van der Waals surface area contributed by atoms with Gasteiger partial charge in [-0.2, -0.15) is 0 Å². The van der Waals surface area contributed by atoms with Crippen molar-refractivity contribution in [3.63, 3.8) is 0 Å². The maximum atomic E-state index is 9.51. The fourth-order valence-electron chi connectivity index (χ4n) is 1.79. The second kappa shape index (κ2) is 6.00. The smallest absolute Gasteiger partial charge is 0.216 e. The number of piperidine rings is 1. The lowest BCUT2D eigenvalue weighted by Crippen LogP contribution is -2.39. The Kier molecular flexibility index (Phi) is 5.30. The summed E-state index contributed by atoms with van der Waals surface area (Å²) in [6, 6.07) is 0. The molecule has 3 nitrogen and oxygen atoms in total. The summed E-state index contributed by atoms with van der Waals surface area (Å²) in [6.45, 7) is 3.56. The van der Waals surface area contributed by atoms with E-state index in [2.05, 4.69) is 4.90 Å². The quantitative estimate of drug-likeness (QED) is 0.623. The van der Waals surface area contributed by atoms with Gasteiger partial charge in [-0.15, -0.1) is 0 Å². The van der Waals surface area contributed by atoms with E-state index in [1.165, 1.54) is 29.1 Å². The van der Waals surface area contributed by atoms with E-state index in [0.29, 0.717) is 6.61 Å². The summed E-state index contributed by atoms with van der Waals surface area (Å²) in [5.41, 5.74) is 0. The second-order valence-electron chi connectivity index (χ2n) is 4.09. The van der Waals surface area contributed by atoms with E-state index in [-0.39, 0.29) is 6.10 Å². The van der Waals surface area contributed by atoms with E-state index < -0.39 is 0 Å². The van der Waals surface area contributed by atoms with Crippen molar-refractivity contribution in [3.8, 4) is 0 Å². The summed E-state index contributed by atoms with van der Waals surface area (Å²) in [6.07, 6.45) is 2.34. The van der Waals surface area contributed by atoms with Crippen molar-refractivity contribution >= 4 is 16.3 Å². The SMILES string of the molecule is COCC(O)CN1CC[CH]([AlH2])CC1. The summed E-state index contributed by atoms with van der Waals surface area (Å²) < 4.78 is 5.89. The summed E-state index contributed by atoms with van der Waals surface area (Å²) >= 11 is 1.33. The van der Waals surface area contributed by atoms with Gasteiger partial charge in [0.15, 0.2) is 0 Å². The molecule has 1 unspecified atom stereocenters. The van der Waals surface area contributed by atoms with Crippen molar-refractivity contribution in [2.24, 2.45) is 0 Å². The molecule has 1 N–H and O–H groups in total. The van der Waals surface area contributed by atoms with E-state index >= 15 is 0 Å². The highest BCUT2D eigenvalue weighted by Crippen LogP contribution is 2.18. The Morgan fingerprint density at radius 3 is 2.69 bits per heavy atom. The molecule has 4 heteroatoms. The fourth-order valence-corrected chi connectivity index (χ4v) is 2.30. The topological polar surface area (TPSA) is 32.7 Å². The molecule has 0 aliphatic carbocycles. The zero-order valence-corrected chi connectivity index (χ0v) is 10.7. The van der Waals surface area contributed by atoms with Crippen molar-refractivity contribution in [1.29, 1.82) is 0 Å². The number of hydrogen-bond donors (Lipinski definition) is 1. The predicted octanol–water partition coefficient (Wildman–Crippen LogP) is -0.489. The maximum absolute atomic E-state index is 9.51. The van der Waals surface area contributed by atoms with Crippen LogP contribution in [0, 0.1) is 0 Å². The van der Waals surface area contributed by atoms with Crippen LogP contribution in [0.4, 0.5) is 0 Å². The minimum atomic E-state index is -0.310. The molecule has 1 rings (SSSR count). The number of β-amino-alcohol motifs (C(OH)–C–C–N with tert-alkyl or cyclic N) is 1. The molecule has 0 radical (unpaired) electrons. The molecular formula is C9H20AlNO2. The normalized spacial score (nSPS) is 23.2. The average Bonchev–Trinajstić information content (AvgIpc) is 2.09. The van der Waals surface area contributed by atoms with Gasteiger partial charge in [0.1, 0.15) is 0 Å². The number of ether oxygens (including phenoxy) is 1. The average molecular weight is 201 g/mol. The van der Waals surface area contributed by atoms with Crippen LogP contribution in [0.2, 0.25) is 4.78 Å². The molecule has 1 heterocycles. The fraction of sp³-hybridized carbons (Fsp3) is 1.00. The predicted molar refractivity (Wildman–Crippen MR) is 55.9 cm³/mol. The highest BCUT2D eigenvalue weighted by Gasteiger charge is 2.17. The number of aliphatic hydroxyl groups excluding tert-OH is 1. The molecule has 1 atom stereocenters. The first-order valence-electron chi connectivity index (χ1n) is 5.11. The number of nitrogens with zero attached hydrogens (tertiary/aromatic N) is 1. The van der Waals surface area contributed by atoms with Crippen LogP contribution in [-0.2, 0) is 4.74 Å². The molecule has 0 saturated carbocycles. The van der Waals surface area contributed by atoms with Crippen LogP contribution in [0.25, 0.3) is 0 Å². The molecule has 0 aromatic rings. The van der Waals surface area contributed by atoms with Gasteiger partial charge in [0.2, 0.25) is 16.3 Å². The van der Waals surface area contributed by atoms with Crippen molar-refractivity contribution in [3.05, 3.63) is 0 Å². The lowest BCUT2D eigenvalue weighted by Gasteiger charge is -2.31. The minimum Gasteiger partial charge on any atom is -0.389 e. The Labute approximate surface area is 88.5 Å². The zero-order valence-electron chi connectivity index (χ0n) is 8.70. The first kappa shape index (κ1) is 11.5. The standard InChI is InChI=1S/C9H18NO2.Al.2H/c1-12-8-9(11)7-10-5-3-2-4-6-10;;;/h2,9,11H,3-8H2,1H3;;;. The minimum absolute atomic E-state index is 0.310. The molecule has 1 aliphatic heterocycles. The van der Waals surface area contributed by atoms with Gasteiger partial charge in [-0.05, 0) is 25.9 Å². The number of methoxy groups -OCH3 is 1. The number of hydrogen-bond acceptors (Lipinski definition) is 3. The van der Waals surface area contributed by atoms with E-state index in [1.54, 1.807) is 7.11 Å². The highest BCUT2D eigenvalue weighted by atomic mass is 27.0. The summed E-state index contributed by atoms with van der Waals surface area (Å²) in [5.74, 6) is 0. The lowest BCUT2D eigenvalue weighted by atomic mass is 10.1. The first-order chi connectivity index (χ1) is 6.22. The van der Waals surface area contributed by atoms with Crippen molar-refractivity contribution in [1.82, 2.24) is 4.90 Å². The van der Waals surface area contributed by atoms with Crippen LogP contribution >= 0.6 is 0 Å². The van der Waals surface area contributed by atoms with E-state index in [4.69, 9.17) is 4.74 Å². The van der Waals surface area contributed by atoms with E-state index in [0.717, 1.165) is 24.4 Å². The molecule has 0 spiro atoms. The van der Waals surface area contributed by atoms with Gasteiger partial charge in [0.05, 0.1) is 12.7 Å². The van der Waals surface area contributed by atoms with Gasteiger partial charge in [-0.3, -0.25) is 0 Å². The first-order valence-corrected chi connectivity index (χ1v) is 6.27. The summed E-state index contributed by atoms with van der Waals surface area (Å²) in [5, 5.41) is 9.51. The molecular weight excluding hydrogens is 181 g/mol. The van der Waals surface area contributed by atoms with Crippen molar-refractivity contribution in [2.45, 2.75) is 23.7 Å². The van der Waals surface area contributed by atoms with Gasteiger partial charge in [-0.1, -0.05) is 4.78 Å². The molecule has 76 valence electrons. The Morgan fingerprint density at radius 1 is 1.54 bits per heavy atom. The molecule has 0 bridgehead atoms. The Balaban J connectivity index is 2.14. The molecule has 1 fully saturated rings. The summed E-state index contributed by atoms with van der Waals surface area (Å²) in [4.78, 5) is 2.35. The maximum Gasteiger partial charge on any atom is 0.216 e. The van der Waals surface area contributed by atoms with Gasteiger partial charge >= 0.3 is 0 Å². The highest BCUT2D eigenvalue weighted by molar-refractivity contribution is 6.11. The van der Waals surface area contributed by atoms with Crippen LogP contribution in [0.15, 0.2) is 0 Å².